The molecule has 0 spiro atoms. The topological polar surface area (TPSA) is 184 Å². The van der Waals surface area contributed by atoms with Crippen LogP contribution < -0.4 is 32.0 Å². The van der Waals surface area contributed by atoms with Gasteiger partial charge in [-0.1, -0.05) is 41.4 Å². The summed E-state index contributed by atoms with van der Waals surface area (Å²) in [6.45, 7) is 0.499. The van der Waals surface area contributed by atoms with E-state index in [1.54, 1.807) is 30.3 Å². The molecule has 1 unspecified atom stereocenters. The van der Waals surface area contributed by atoms with E-state index in [-0.39, 0.29) is 36.9 Å². The zero-order valence-electron chi connectivity index (χ0n) is 21.9. The highest BCUT2D eigenvalue weighted by Crippen LogP contribution is 2.31. The number of hydrogen-bond donors (Lipinski definition) is 5. The predicted octanol–water partition coefficient (Wildman–Crippen LogP) is 3.67. The van der Waals surface area contributed by atoms with Gasteiger partial charge in [0.2, 0.25) is 5.91 Å². The fraction of sp³-hybridized carbons (Fsp3) is 0.214. The summed E-state index contributed by atoms with van der Waals surface area (Å²) < 4.78 is 12.1. The summed E-state index contributed by atoms with van der Waals surface area (Å²) in [4.78, 5) is 36.6. The van der Waals surface area contributed by atoms with E-state index < -0.39 is 17.9 Å². The largest absolute Gasteiger partial charge is 0.485 e. The first-order valence-corrected chi connectivity index (χ1v) is 13.4. The number of primary amides is 1. The van der Waals surface area contributed by atoms with E-state index in [0.717, 1.165) is 11.0 Å². The standard InChI is InChI=1S/C28H29Cl2N7O4/c29-18-9-7-17(19(30)13-18)14-40-24-12-16(27(39)37-22(26(31)38)6-3-11-34-28(32)33)8-10-23(24)41-15-25-35-20-4-1-2-5-21(20)36-25/h1-2,4-5,7-10,12-13,22H,3,6,11,14-15H2,(H2,31,38)(H,35,36)(H,37,39)(H4,32,33,34). The van der Waals surface area contributed by atoms with Crippen LogP contribution in [0.2, 0.25) is 10.0 Å². The van der Waals surface area contributed by atoms with E-state index in [2.05, 4.69) is 20.3 Å². The molecule has 0 radical (unpaired) electrons. The molecule has 1 atom stereocenters. The highest BCUT2D eigenvalue weighted by Gasteiger charge is 2.20. The maximum absolute atomic E-state index is 13.1. The van der Waals surface area contributed by atoms with E-state index in [0.29, 0.717) is 40.1 Å². The number of aromatic nitrogens is 2. The Kier molecular flexibility index (Phi) is 9.88. The molecule has 0 fully saturated rings. The third kappa shape index (κ3) is 8.26. The number of fused-ring (bicyclic) bond motifs is 1. The first-order valence-electron chi connectivity index (χ1n) is 12.6. The van der Waals surface area contributed by atoms with Gasteiger partial charge in [-0.25, -0.2) is 4.98 Å². The van der Waals surface area contributed by atoms with Crippen LogP contribution in [0.3, 0.4) is 0 Å². The van der Waals surface area contributed by atoms with E-state index in [1.165, 1.54) is 6.07 Å². The van der Waals surface area contributed by atoms with Crippen LogP contribution in [0.4, 0.5) is 0 Å². The molecule has 1 aromatic heterocycles. The van der Waals surface area contributed by atoms with Gasteiger partial charge in [0.15, 0.2) is 17.5 Å². The number of ether oxygens (including phenoxy) is 2. The summed E-state index contributed by atoms with van der Waals surface area (Å²) in [5.41, 5.74) is 18.8. The number of imidazole rings is 1. The van der Waals surface area contributed by atoms with Crippen LogP contribution in [0.1, 0.15) is 34.6 Å². The molecule has 0 aliphatic rings. The summed E-state index contributed by atoms with van der Waals surface area (Å²) in [6.07, 6.45) is 0.700. The number of halogens is 2. The lowest BCUT2D eigenvalue weighted by atomic mass is 10.1. The highest BCUT2D eigenvalue weighted by atomic mass is 35.5. The molecule has 0 bridgehead atoms. The quantitative estimate of drug-likeness (QED) is 0.0883. The molecule has 3 aromatic carbocycles. The smallest absolute Gasteiger partial charge is 0.252 e. The third-order valence-corrected chi connectivity index (χ3v) is 6.59. The van der Waals surface area contributed by atoms with Crippen LogP contribution in [0.5, 0.6) is 11.5 Å². The van der Waals surface area contributed by atoms with Gasteiger partial charge in [0, 0.05) is 27.7 Å². The molecular formula is C28H29Cl2N7O4. The average molecular weight is 598 g/mol. The Morgan fingerprint density at radius 1 is 0.976 bits per heavy atom. The lowest BCUT2D eigenvalue weighted by molar-refractivity contribution is -0.120. The summed E-state index contributed by atoms with van der Waals surface area (Å²) in [7, 11) is 0. The number of aliphatic imine (C=N–C) groups is 1. The van der Waals surface area contributed by atoms with E-state index in [1.807, 2.05) is 24.3 Å². The van der Waals surface area contributed by atoms with Crippen molar-refractivity contribution in [1.82, 2.24) is 15.3 Å². The van der Waals surface area contributed by atoms with Crippen LogP contribution in [0.25, 0.3) is 11.0 Å². The molecule has 41 heavy (non-hydrogen) atoms. The Hall–Kier alpha value is -4.48. The molecule has 2 amide bonds. The van der Waals surface area contributed by atoms with Gasteiger partial charge < -0.3 is 37.0 Å². The molecular weight excluding hydrogens is 569 g/mol. The Morgan fingerprint density at radius 2 is 1.76 bits per heavy atom. The fourth-order valence-corrected chi connectivity index (χ4v) is 4.39. The number of carbonyl (C=O) groups excluding carboxylic acids is 2. The minimum atomic E-state index is -0.919. The minimum Gasteiger partial charge on any atom is -0.485 e. The van der Waals surface area contributed by atoms with Gasteiger partial charge in [0.25, 0.3) is 5.91 Å². The maximum atomic E-state index is 13.1. The number of nitrogens with two attached hydrogens (primary N) is 3. The number of H-pyrrole nitrogens is 1. The number of benzene rings is 3. The van der Waals surface area contributed by atoms with Crippen molar-refractivity contribution in [1.29, 1.82) is 0 Å². The van der Waals surface area contributed by atoms with Crippen molar-refractivity contribution >= 4 is 52.0 Å². The second-order valence-corrected chi connectivity index (χ2v) is 9.90. The average Bonchev–Trinajstić information content (AvgIpc) is 3.36. The number of rotatable bonds is 13. The van der Waals surface area contributed by atoms with Gasteiger partial charge in [0.1, 0.15) is 25.1 Å². The van der Waals surface area contributed by atoms with Crippen LogP contribution in [0.15, 0.2) is 65.7 Å². The van der Waals surface area contributed by atoms with Gasteiger partial charge >= 0.3 is 0 Å². The van der Waals surface area contributed by atoms with Gasteiger partial charge in [-0.15, -0.1) is 0 Å². The molecule has 0 aliphatic carbocycles. The summed E-state index contributed by atoms with van der Waals surface area (Å²) >= 11 is 12.3. The van der Waals surface area contributed by atoms with E-state index >= 15 is 0 Å². The zero-order valence-corrected chi connectivity index (χ0v) is 23.4. The molecule has 11 nitrogen and oxygen atoms in total. The first-order chi connectivity index (χ1) is 19.7. The number of amides is 2. The first kappa shape index (κ1) is 29.5. The minimum absolute atomic E-state index is 0.0558. The third-order valence-electron chi connectivity index (χ3n) is 6.00. The number of carbonyl (C=O) groups is 2. The Balaban J connectivity index is 1.52. The number of nitrogens with one attached hydrogen (secondary N) is 2. The van der Waals surface area contributed by atoms with Crippen molar-refractivity contribution in [3.8, 4) is 11.5 Å². The van der Waals surface area contributed by atoms with Gasteiger partial charge in [0.05, 0.1) is 11.0 Å². The zero-order chi connectivity index (χ0) is 29.4. The van der Waals surface area contributed by atoms with Crippen molar-refractivity contribution in [3.63, 3.8) is 0 Å². The highest BCUT2D eigenvalue weighted by molar-refractivity contribution is 6.35. The SMILES string of the molecule is NC(=O)C(CCCN=C(N)N)NC(=O)c1ccc(OCc2nc3ccccc3[nH]2)c(OCc2ccc(Cl)cc2Cl)c1. The number of hydrogen-bond acceptors (Lipinski definition) is 6. The van der Waals surface area contributed by atoms with Crippen LogP contribution >= 0.6 is 23.2 Å². The van der Waals surface area contributed by atoms with E-state index in [9.17, 15) is 9.59 Å². The van der Waals surface area contributed by atoms with Crippen molar-refractivity contribution in [2.24, 2.45) is 22.2 Å². The van der Waals surface area contributed by atoms with Crippen LogP contribution in [0, 0.1) is 0 Å². The van der Waals surface area contributed by atoms with E-state index in [4.69, 9.17) is 49.9 Å². The van der Waals surface area contributed by atoms with Gasteiger partial charge in [-0.05, 0) is 55.3 Å². The summed E-state index contributed by atoms with van der Waals surface area (Å²) in [5, 5.41) is 3.58. The molecule has 8 N–H and O–H groups in total. The van der Waals surface area contributed by atoms with Crippen molar-refractivity contribution in [2.45, 2.75) is 32.1 Å². The van der Waals surface area contributed by atoms with Crippen molar-refractivity contribution in [3.05, 3.63) is 87.7 Å². The second kappa shape index (κ2) is 13.7. The molecule has 13 heteroatoms. The lowest BCUT2D eigenvalue weighted by Gasteiger charge is -2.17. The molecule has 4 aromatic rings. The molecule has 0 saturated heterocycles. The van der Waals surface area contributed by atoms with Crippen LogP contribution in [-0.4, -0.2) is 40.3 Å². The molecule has 0 saturated carbocycles. The Bertz CT molecular complexity index is 1540. The van der Waals surface area contributed by atoms with Crippen molar-refractivity contribution < 1.29 is 19.1 Å². The Labute approximate surface area is 246 Å². The molecule has 0 aliphatic heterocycles. The van der Waals surface area contributed by atoms with Gasteiger partial charge in [-0.3, -0.25) is 14.6 Å². The number of nitrogens with zero attached hydrogens (tertiary/aromatic N) is 2. The van der Waals surface area contributed by atoms with Crippen molar-refractivity contribution in [2.75, 3.05) is 6.54 Å². The van der Waals surface area contributed by atoms with Crippen LogP contribution in [-0.2, 0) is 18.0 Å². The number of aromatic amines is 1. The maximum Gasteiger partial charge on any atom is 0.252 e. The number of para-hydroxylation sites is 2. The monoisotopic (exact) mass is 597 g/mol. The predicted molar refractivity (Wildman–Crippen MR) is 158 cm³/mol. The fourth-order valence-electron chi connectivity index (χ4n) is 3.93. The normalized spacial score (nSPS) is 11.6. The Morgan fingerprint density at radius 3 is 2.49 bits per heavy atom. The second-order valence-electron chi connectivity index (χ2n) is 9.05. The molecule has 214 valence electrons. The molecule has 4 rings (SSSR count). The summed E-state index contributed by atoms with van der Waals surface area (Å²) in [5.74, 6) is 0.0138. The van der Waals surface area contributed by atoms with Gasteiger partial charge in [-0.2, -0.15) is 0 Å². The lowest BCUT2D eigenvalue weighted by Crippen LogP contribution is -2.44. The summed E-state index contributed by atoms with van der Waals surface area (Å²) in [6, 6.07) is 16.5. The number of guanidine groups is 1. The molecule has 1 heterocycles.